The van der Waals surface area contributed by atoms with Crippen LogP contribution >= 0.6 is 0 Å². The molecule has 0 saturated heterocycles. The average molecular weight is 259 g/mol. The molecule has 1 amide bonds. The molecule has 96 valence electrons. The van der Waals surface area contributed by atoms with Crippen molar-refractivity contribution in [3.8, 4) is 5.75 Å². The largest absolute Gasteiger partial charge is 0.507 e. The van der Waals surface area contributed by atoms with Gasteiger partial charge in [0.05, 0.1) is 5.56 Å². The highest BCUT2D eigenvalue weighted by molar-refractivity contribution is 6.06. The van der Waals surface area contributed by atoms with Crippen LogP contribution in [0.2, 0.25) is 0 Å². The number of nitrogens with one attached hydrogen (secondary N) is 1. The molecule has 2 aromatic rings. The number of aldehydes is 1. The van der Waals surface area contributed by atoms with Crippen LogP contribution < -0.4 is 5.32 Å². The second kappa shape index (κ2) is 5.30. The van der Waals surface area contributed by atoms with Gasteiger partial charge in [0.15, 0.2) is 0 Å². The van der Waals surface area contributed by atoms with Crippen LogP contribution in [0.15, 0.2) is 42.5 Å². The molecule has 0 aliphatic heterocycles. The zero-order valence-corrected chi connectivity index (χ0v) is 9.76. The first-order valence-electron chi connectivity index (χ1n) is 5.45. The Bertz CT molecular complexity index is 640. The van der Waals surface area contributed by atoms with Crippen LogP contribution in [-0.2, 0) is 0 Å². The minimum absolute atomic E-state index is 0.170. The lowest BCUT2D eigenvalue weighted by molar-refractivity contribution is 0.102. The van der Waals surface area contributed by atoms with E-state index in [0.29, 0.717) is 17.5 Å². The van der Waals surface area contributed by atoms with E-state index in [1.807, 2.05) is 0 Å². The van der Waals surface area contributed by atoms with Crippen molar-refractivity contribution in [1.82, 2.24) is 0 Å². The van der Waals surface area contributed by atoms with E-state index in [2.05, 4.69) is 5.32 Å². The highest BCUT2D eigenvalue weighted by Gasteiger charge is 2.12. The second-order valence-corrected chi connectivity index (χ2v) is 3.86. The van der Waals surface area contributed by atoms with E-state index in [1.165, 1.54) is 6.07 Å². The van der Waals surface area contributed by atoms with Crippen LogP contribution in [-0.4, -0.2) is 17.3 Å². The first kappa shape index (κ1) is 12.8. The van der Waals surface area contributed by atoms with Gasteiger partial charge in [0.1, 0.15) is 17.9 Å². The summed E-state index contributed by atoms with van der Waals surface area (Å²) in [6.45, 7) is 0. The molecule has 0 unspecified atom stereocenters. The van der Waals surface area contributed by atoms with Gasteiger partial charge in [-0.15, -0.1) is 0 Å². The maximum atomic E-state index is 13.0. The fourth-order valence-corrected chi connectivity index (χ4v) is 1.58. The first-order chi connectivity index (χ1) is 9.10. The van der Waals surface area contributed by atoms with E-state index >= 15 is 0 Å². The van der Waals surface area contributed by atoms with Gasteiger partial charge in [0, 0.05) is 11.3 Å². The maximum absolute atomic E-state index is 13.0. The number of halogens is 1. The number of hydrogen-bond donors (Lipinski definition) is 2. The van der Waals surface area contributed by atoms with Crippen molar-refractivity contribution < 1.29 is 19.1 Å². The molecule has 2 N–H and O–H groups in total. The van der Waals surface area contributed by atoms with Gasteiger partial charge in [-0.3, -0.25) is 9.59 Å². The van der Waals surface area contributed by atoms with Crippen molar-refractivity contribution in [3.63, 3.8) is 0 Å². The molecule has 0 heterocycles. The van der Waals surface area contributed by atoms with Crippen molar-refractivity contribution in [3.05, 3.63) is 59.4 Å². The second-order valence-electron chi connectivity index (χ2n) is 3.86. The van der Waals surface area contributed by atoms with E-state index in [0.717, 1.165) is 18.2 Å². The van der Waals surface area contributed by atoms with Crippen molar-refractivity contribution in [2.75, 3.05) is 5.32 Å². The minimum atomic E-state index is -0.653. The summed E-state index contributed by atoms with van der Waals surface area (Å²) in [4.78, 5) is 22.5. The third-order valence-electron chi connectivity index (χ3n) is 2.48. The SMILES string of the molecule is O=Cc1cccc(NC(=O)c2cc(F)ccc2O)c1. The van der Waals surface area contributed by atoms with Crippen molar-refractivity contribution in [1.29, 1.82) is 0 Å². The van der Waals surface area contributed by atoms with Gasteiger partial charge < -0.3 is 10.4 Å². The number of anilines is 1. The minimum Gasteiger partial charge on any atom is -0.507 e. The normalized spacial score (nSPS) is 9.95. The Balaban J connectivity index is 2.25. The number of phenolic OH excluding ortho intramolecular Hbond substituents is 1. The maximum Gasteiger partial charge on any atom is 0.259 e. The Kier molecular flexibility index (Phi) is 3.56. The van der Waals surface area contributed by atoms with Gasteiger partial charge in [-0.1, -0.05) is 12.1 Å². The van der Waals surface area contributed by atoms with Crippen LogP contribution in [0, 0.1) is 5.82 Å². The molecule has 4 nitrogen and oxygen atoms in total. The quantitative estimate of drug-likeness (QED) is 0.832. The molecule has 2 rings (SSSR count). The summed E-state index contributed by atoms with van der Waals surface area (Å²) >= 11 is 0. The number of rotatable bonds is 3. The Morgan fingerprint density at radius 1 is 1.21 bits per heavy atom. The molecular weight excluding hydrogens is 249 g/mol. The molecule has 0 saturated carbocycles. The molecule has 5 heteroatoms. The summed E-state index contributed by atoms with van der Waals surface area (Å²) < 4.78 is 13.0. The summed E-state index contributed by atoms with van der Waals surface area (Å²) in [7, 11) is 0. The summed E-state index contributed by atoms with van der Waals surface area (Å²) in [5.41, 5.74) is 0.621. The van der Waals surface area contributed by atoms with Crippen LogP contribution in [0.1, 0.15) is 20.7 Å². The number of carbonyl (C=O) groups is 2. The van der Waals surface area contributed by atoms with Crippen LogP contribution in [0.3, 0.4) is 0 Å². The van der Waals surface area contributed by atoms with Gasteiger partial charge >= 0.3 is 0 Å². The molecule has 0 radical (unpaired) electrons. The van der Waals surface area contributed by atoms with Crippen molar-refractivity contribution in [2.24, 2.45) is 0 Å². The number of phenols is 1. The van der Waals surface area contributed by atoms with Gasteiger partial charge in [0.2, 0.25) is 0 Å². The summed E-state index contributed by atoms with van der Waals surface area (Å²) in [5.74, 6) is -1.59. The van der Waals surface area contributed by atoms with E-state index in [-0.39, 0.29) is 11.3 Å². The molecule has 0 fully saturated rings. The zero-order valence-electron chi connectivity index (χ0n) is 9.76. The smallest absolute Gasteiger partial charge is 0.259 e. The number of aromatic hydroxyl groups is 1. The van der Waals surface area contributed by atoms with Crippen LogP contribution in [0.4, 0.5) is 10.1 Å². The first-order valence-corrected chi connectivity index (χ1v) is 5.45. The molecular formula is C14H10FNO3. The van der Waals surface area contributed by atoms with Crippen molar-refractivity contribution >= 4 is 17.9 Å². The van der Waals surface area contributed by atoms with Crippen LogP contribution in [0.5, 0.6) is 5.75 Å². The lowest BCUT2D eigenvalue weighted by Crippen LogP contribution is -2.12. The predicted molar refractivity (Wildman–Crippen MR) is 67.8 cm³/mol. The number of carbonyl (C=O) groups excluding carboxylic acids is 2. The Hall–Kier alpha value is -2.69. The molecule has 0 aliphatic carbocycles. The number of amides is 1. The Morgan fingerprint density at radius 3 is 2.74 bits per heavy atom. The van der Waals surface area contributed by atoms with Crippen LogP contribution in [0.25, 0.3) is 0 Å². The summed E-state index contributed by atoms with van der Waals surface area (Å²) in [5, 5.41) is 12.0. The third kappa shape index (κ3) is 2.95. The number of benzene rings is 2. The molecule has 2 aromatic carbocycles. The molecule has 0 aromatic heterocycles. The highest BCUT2D eigenvalue weighted by atomic mass is 19.1. The van der Waals surface area contributed by atoms with E-state index in [1.54, 1.807) is 18.2 Å². The Labute approximate surface area is 108 Å². The predicted octanol–water partition coefficient (Wildman–Crippen LogP) is 2.60. The van der Waals surface area contributed by atoms with Gasteiger partial charge in [-0.2, -0.15) is 0 Å². The lowest BCUT2D eigenvalue weighted by atomic mass is 10.1. The topological polar surface area (TPSA) is 66.4 Å². The summed E-state index contributed by atoms with van der Waals surface area (Å²) in [6.07, 6.45) is 0.648. The van der Waals surface area contributed by atoms with Crippen molar-refractivity contribution in [2.45, 2.75) is 0 Å². The highest BCUT2D eigenvalue weighted by Crippen LogP contribution is 2.19. The number of hydrogen-bond acceptors (Lipinski definition) is 3. The van der Waals surface area contributed by atoms with Gasteiger partial charge in [-0.25, -0.2) is 4.39 Å². The molecule has 0 bridgehead atoms. The standard InChI is InChI=1S/C14H10FNO3/c15-10-4-5-13(18)12(7-10)14(19)16-11-3-1-2-9(6-11)8-17/h1-8,18H,(H,16,19). The lowest BCUT2D eigenvalue weighted by Gasteiger charge is -2.07. The van der Waals surface area contributed by atoms with E-state index in [4.69, 9.17) is 0 Å². The fraction of sp³-hybridized carbons (Fsp3) is 0. The third-order valence-corrected chi connectivity index (χ3v) is 2.48. The van der Waals surface area contributed by atoms with Gasteiger partial charge in [0.25, 0.3) is 5.91 Å². The van der Waals surface area contributed by atoms with E-state index < -0.39 is 11.7 Å². The molecule has 19 heavy (non-hydrogen) atoms. The van der Waals surface area contributed by atoms with Gasteiger partial charge in [-0.05, 0) is 30.3 Å². The summed E-state index contributed by atoms with van der Waals surface area (Å²) in [6, 6.07) is 9.34. The fourth-order valence-electron chi connectivity index (χ4n) is 1.58. The van der Waals surface area contributed by atoms with E-state index in [9.17, 15) is 19.1 Å². The average Bonchev–Trinajstić information content (AvgIpc) is 2.41. The molecule has 0 atom stereocenters. The molecule has 0 spiro atoms. The molecule has 0 aliphatic rings. The monoisotopic (exact) mass is 259 g/mol. The Morgan fingerprint density at radius 2 is 2.00 bits per heavy atom. The zero-order chi connectivity index (χ0) is 13.8.